The van der Waals surface area contributed by atoms with E-state index in [1.807, 2.05) is 44.4 Å². The van der Waals surface area contributed by atoms with E-state index in [0.29, 0.717) is 5.82 Å². The van der Waals surface area contributed by atoms with Crippen LogP contribution in [-0.2, 0) is 33.5 Å². The van der Waals surface area contributed by atoms with E-state index in [-0.39, 0.29) is 22.0 Å². The third-order valence-electron chi connectivity index (χ3n) is 6.00. The number of rotatable bonds is 10. The van der Waals surface area contributed by atoms with E-state index in [1.165, 1.54) is 16.2 Å². The van der Waals surface area contributed by atoms with E-state index < -0.39 is 35.2 Å². The Kier molecular flexibility index (Phi) is 11.6. The second-order valence-corrected chi connectivity index (χ2v) is 14.0. The van der Waals surface area contributed by atoms with Crippen LogP contribution < -0.4 is 10.2 Å². The van der Waals surface area contributed by atoms with Gasteiger partial charge in [0, 0.05) is 24.0 Å². The van der Waals surface area contributed by atoms with Crippen LogP contribution in [0.1, 0.15) is 74.5 Å². The number of carbonyl (C=O) groups excluding carboxylic acids is 3. The van der Waals surface area contributed by atoms with Crippen LogP contribution in [0.4, 0.5) is 10.6 Å². The van der Waals surface area contributed by atoms with Crippen molar-refractivity contribution in [2.45, 2.75) is 84.5 Å². The van der Waals surface area contributed by atoms with E-state index >= 15 is 0 Å². The number of halogens is 2. The first kappa shape index (κ1) is 34.4. The van der Waals surface area contributed by atoms with Crippen LogP contribution in [0, 0.1) is 0 Å². The number of nitrogens with zero attached hydrogens (tertiary/aromatic N) is 2. The number of aromatic nitrogens is 1. The fourth-order valence-corrected chi connectivity index (χ4v) is 5.61. The van der Waals surface area contributed by atoms with Gasteiger partial charge in [0.1, 0.15) is 23.1 Å². The summed E-state index contributed by atoms with van der Waals surface area (Å²) in [4.78, 5) is 45.5. The summed E-state index contributed by atoms with van der Waals surface area (Å²) in [6, 6.07) is 11.5. The Hall–Kier alpha value is -3.14. The van der Waals surface area contributed by atoms with Gasteiger partial charge in [0.25, 0.3) is 5.91 Å². The lowest BCUT2D eigenvalue weighted by atomic mass is 10.1. The van der Waals surface area contributed by atoms with Crippen molar-refractivity contribution < 1.29 is 23.9 Å². The van der Waals surface area contributed by atoms with Crippen LogP contribution in [0.15, 0.2) is 47.8 Å². The summed E-state index contributed by atoms with van der Waals surface area (Å²) in [5.74, 6) is -0.561. The van der Waals surface area contributed by atoms with Crippen molar-refractivity contribution in [1.82, 2.24) is 10.3 Å². The van der Waals surface area contributed by atoms with Gasteiger partial charge in [-0.25, -0.2) is 14.6 Å². The fraction of sp³-hybridized carbons (Fsp3) is 0.438. The van der Waals surface area contributed by atoms with Gasteiger partial charge in [-0.1, -0.05) is 35.3 Å². The normalized spacial score (nSPS) is 12.4. The number of benzene rings is 1. The number of pyridine rings is 1. The molecule has 0 aliphatic heterocycles. The van der Waals surface area contributed by atoms with Crippen LogP contribution >= 0.6 is 34.5 Å². The highest BCUT2D eigenvalue weighted by atomic mass is 35.5. The molecule has 0 spiro atoms. The van der Waals surface area contributed by atoms with Crippen LogP contribution in [-0.4, -0.2) is 47.2 Å². The lowest BCUT2D eigenvalue weighted by Gasteiger charge is -2.24. The lowest BCUT2D eigenvalue weighted by molar-refractivity contribution is -0.157. The van der Waals surface area contributed by atoms with Gasteiger partial charge in [0.15, 0.2) is 0 Å². The summed E-state index contributed by atoms with van der Waals surface area (Å²) in [5.41, 5.74) is 0.779. The highest BCUT2D eigenvalue weighted by molar-refractivity contribution is 7.10. The minimum absolute atomic E-state index is 0.112. The Morgan fingerprint density at radius 1 is 0.953 bits per heavy atom. The Bertz CT molecular complexity index is 1420. The standard InChI is InChI=1S/C32H39Cl2N3O5S/c1-31(2,3)41-29(39)25(36-28(38)27-23(33)14-10-15-24(27)34)18-22-17-20(19-43-22)11-8-12-21-13-9-16-26(35-21)37(7)30(40)42-32(4,5)6/h9-10,13-17,19,25H,8,11-12,18H2,1-7H3,(H,36,38)/t25-/m0/s1. The third kappa shape index (κ3) is 10.8. The summed E-state index contributed by atoms with van der Waals surface area (Å²) < 4.78 is 11.0. The maximum Gasteiger partial charge on any atom is 0.415 e. The molecule has 43 heavy (non-hydrogen) atoms. The Balaban J connectivity index is 1.64. The predicted molar refractivity (Wildman–Crippen MR) is 172 cm³/mol. The number of nitrogens with one attached hydrogen (secondary N) is 1. The zero-order chi connectivity index (χ0) is 31.9. The number of amides is 2. The van der Waals surface area contributed by atoms with E-state index in [2.05, 4.69) is 10.3 Å². The van der Waals surface area contributed by atoms with Crippen LogP contribution in [0.5, 0.6) is 0 Å². The number of hydrogen-bond donors (Lipinski definition) is 1. The first-order valence-electron chi connectivity index (χ1n) is 14.0. The molecule has 2 aromatic heterocycles. The minimum Gasteiger partial charge on any atom is -0.458 e. The molecule has 3 aromatic rings. The maximum atomic E-state index is 13.1. The Morgan fingerprint density at radius 3 is 2.21 bits per heavy atom. The average molecular weight is 649 g/mol. The van der Waals surface area contributed by atoms with E-state index in [1.54, 1.807) is 52.1 Å². The minimum atomic E-state index is -0.931. The van der Waals surface area contributed by atoms with Crippen molar-refractivity contribution in [2.24, 2.45) is 0 Å². The quantitative estimate of drug-likeness (QED) is 0.227. The van der Waals surface area contributed by atoms with Crippen molar-refractivity contribution in [2.75, 3.05) is 11.9 Å². The SMILES string of the molecule is CN(C(=O)OC(C)(C)C)c1cccc(CCCc2csc(C[C@H](NC(=O)c3c(Cl)cccc3Cl)C(=O)OC(C)(C)C)c2)n1. The molecule has 0 fully saturated rings. The van der Waals surface area contributed by atoms with Crippen LogP contribution in [0.3, 0.4) is 0 Å². The Morgan fingerprint density at radius 2 is 1.58 bits per heavy atom. The van der Waals surface area contributed by atoms with Crippen molar-refractivity contribution in [3.63, 3.8) is 0 Å². The van der Waals surface area contributed by atoms with Crippen LogP contribution in [0.2, 0.25) is 10.0 Å². The molecule has 0 bridgehead atoms. The van der Waals surface area contributed by atoms with E-state index in [4.69, 9.17) is 32.7 Å². The number of carbonyl (C=O) groups is 3. The van der Waals surface area contributed by atoms with Gasteiger partial charge in [-0.15, -0.1) is 11.3 Å². The number of ether oxygens (including phenoxy) is 2. The summed E-state index contributed by atoms with van der Waals surface area (Å²) in [6.07, 6.45) is 2.15. The number of aryl methyl sites for hydroxylation is 2. The molecule has 11 heteroatoms. The molecule has 2 amide bonds. The molecule has 0 radical (unpaired) electrons. The van der Waals surface area contributed by atoms with Gasteiger partial charge < -0.3 is 14.8 Å². The molecule has 0 saturated heterocycles. The molecular weight excluding hydrogens is 609 g/mol. The summed E-state index contributed by atoms with van der Waals surface area (Å²) in [7, 11) is 1.64. The molecule has 0 aliphatic rings. The van der Waals surface area contributed by atoms with Gasteiger partial charge in [-0.3, -0.25) is 9.69 Å². The third-order valence-corrected chi connectivity index (χ3v) is 7.64. The molecule has 0 unspecified atom stereocenters. The number of esters is 1. The molecular formula is C32H39Cl2N3O5S. The van der Waals surface area contributed by atoms with E-state index in [0.717, 1.165) is 35.4 Å². The topological polar surface area (TPSA) is 97.8 Å². The zero-order valence-corrected chi connectivity index (χ0v) is 28.0. The molecule has 1 aromatic carbocycles. The average Bonchev–Trinajstić information content (AvgIpc) is 3.33. The lowest BCUT2D eigenvalue weighted by Crippen LogP contribution is -2.45. The van der Waals surface area contributed by atoms with Gasteiger partial charge in [0.2, 0.25) is 0 Å². The molecule has 0 aliphatic carbocycles. The fourth-order valence-electron chi connectivity index (χ4n) is 4.07. The maximum absolute atomic E-state index is 13.1. The molecule has 0 saturated carbocycles. The summed E-state index contributed by atoms with van der Waals surface area (Å²) >= 11 is 14.0. The zero-order valence-electron chi connectivity index (χ0n) is 25.6. The van der Waals surface area contributed by atoms with Crippen molar-refractivity contribution >= 4 is 58.3 Å². The number of hydrogen-bond acceptors (Lipinski definition) is 7. The predicted octanol–water partition coefficient (Wildman–Crippen LogP) is 7.68. The summed E-state index contributed by atoms with van der Waals surface area (Å²) in [5, 5.41) is 5.22. The smallest absolute Gasteiger partial charge is 0.415 e. The first-order valence-corrected chi connectivity index (χ1v) is 15.6. The number of thiophene rings is 1. The largest absolute Gasteiger partial charge is 0.458 e. The molecule has 1 atom stereocenters. The highest BCUT2D eigenvalue weighted by Crippen LogP contribution is 2.25. The van der Waals surface area contributed by atoms with Gasteiger partial charge in [0.05, 0.1) is 15.6 Å². The molecule has 232 valence electrons. The van der Waals surface area contributed by atoms with Crippen molar-refractivity contribution in [1.29, 1.82) is 0 Å². The number of anilines is 1. The second kappa shape index (κ2) is 14.6. The molecule has 8 nitrogen and oxygen atoms in total. The first-order chi connectivity index (χ1) is 20.0. The molecule has 2 heterocycles. The van der Waals surface area contributed by atoms with E-state index in [9.17, 15) is 14.4 Å². The highest BCUT2D eigenvalue weighted by Gasteiger charge is 2.29. The van der Waals surface area contributed by atoms with Gasteiger partial charge in [-0.05, 0) is 102 Å². The van der Waals surface area contributed by atoms with Gasteiger partial charge >= 0.3 is 12.1 Å². The monoisotopic (exact) mass is 647 g/mol. The molecule has 3 rings (SSSR count). The molecule has 1 N–H and O–H groups in total. The van der Waals surface area contributed by atoms with Crippen molar-refractivity contribution in [3.8, 4) is 0 Å². The second-order valence-electron chi connectivity index (χ2n) is 12.2. The van der Waals surface area contributed by atoms with Crippen molar-refractivity contribution in [3.05, 3.63) is 79.6 Å². The van der Waals surface area contributed by atoms with Crippen LogP contribution in [0.25, 0.3) is 0 Å². The Labute approximate surface area is 267 Å². The summed E-state index contributed by atoms with van der Waals surface area (Å²) in [6.45, 7) is 10.8. The van der Waals surface area contributed by atoms with Gasteiger partial charge in [-0.2, -0.15) is 0 Å².